The zero-order chi connectivity index (χ0) is 21.3. The van der Waals surface area contributed by atoms with E-state index < -0.39 is 12.1 Å². The molecule has 0 amide bonds. The number of carbonyl (C=O) groups excluding carboxylic acids is 1. The lowest BCUT2D eigenvalue weighted by Crippen LogP contribution is -2.16. The second-order valence-corrected chi connectivity index (χ2v) is 7.94. The van der Waals surface area contributed by atoms with Crippen LogP contribution in [0.3, 0.4) is 0 Å². The highest BCUT2D eigenvalue weighted by Gasteiger charge is 2.27. The van der Waals surface area contributed by atoms with E-state index in [0.717, 1.165) is 16.9 Å². The number of carbonyl (C=O) groups is 1. The van der Waals surface area contributed by atoms with Gasteiger partial charge in [-0.3, -0.25) is 9.36 Å². The van der Waals surface area contributed by atoms with Crippen LogP contribution in [-0.2, 0) is 4.74 Å². The molecule has 2 aromatic carbocycles. The summed E-state index contributed by atoms with van der Waals surface area (Å²) in [7, 11) is 0. The van der Waals surface area contributed by atoms with Crippen LogP contribution in [0, 0.1) is 6.92 Å². The number of esters is 1. The lowest BCUT2D eigenvalue weighted by atomic mass is 9.98. The Balaban J connectivity index is 2.02. The molecule has 152 valence electrons. The molecule has 1 N–H and O–H groups in total. The number of hydrogen-bond donors (Lipinski definition) is 1. The van der Waals surface area contributed by atoms with Gasteiger partial charge in [0, 0.05) is 17.0 Å². The largest absolute Gasteiger partial charge is 0.462 e. The van der Waals surface area contributed by atoms with E-state index in [0.29, 0.717) is 31.9 Å². The molecule has 1 unspecified atom stereocenters. The molecule has 30 heavy (non-hydrogen) atoms. The Morgan fingerprint density at radius 1 is 1.10 bits per heavy atom. The van der Waals surface area contributed by atoms with Crippen LogP contribution in [-0.4, -0.2) is 22.2 Å². The summed E-state index contributed by atoms with van der Waals surface area (Å²) in [5.41, 5.74) is 2.63. The van der Waals surface area contributed by atoms with Crippen molar-refractivity contribution in [1.29, 1.82) is 0 Å². The number of aryl methyl sites for hydroxylation is 1. The zero-order valence-corrected chi connectivity index (χ0v) is 17.5. The molecule has 0 spiro atoms. The van der Waals surface area contributed by atoms with Gasteiger partial charge in [0.15, 0.2) is 0 Å². The highest BCUT2D eigenvalue weighted by Crippen LogP contribution is 2.38. The van der Waals surface area contributed by atoms with Crippen molar-refractivity contribution >= 4 is 27.5 Å². The van der Waals surface area contributed by atoms with Crippen molar-refractivity contribution in [2.24, 2.45) is 0 Å². The summed E-state index contributed by atoms with van der Waals surface area (Å²) < 4.78 is 6.82. The summed E-state index contributed by atoms with van der Waals surface area (Å²) in [5, 5.41) is 11.9. The number of thiophene rings is 1. The molecule has 6 heteroatoms. The number of rotatable bonds is 5. The van der Waals surface area contributed by atoms with Crippen LogP contribution in [0.15, 0.2) is 71.5 Å². The Kier molecular flexibility index (Phi) is 5.53. The smallest absolute Gasteiger partial charge is 0.348 e. The molecule has 0 bridgehead atoms. The van der Waals surface area contributed by atoms with Crippen LogP contribution >= 0.6 is 11.3 Å². The molecule has 2 heterocycles. The maximum absolute atomic E-state index is 12.8. The van der Waals surface area contributed by atoms with Gasteiger partial charge in [0.25, 0.3) is 5.56 Å². The lowest BCUT2D eigenvalue weighted by Gasteiger charge is -2.14. The predicted octanol–water partition coefficient (Wildman–Crippen LogP) is 4.62. The van der Waals surface area contributed by atoms with Crippen molar-refractivity contribution in [2.75, 3.05) is 6.61 Å². The summed E-state index contributed by atoms with van der Waals surface area (Å²) in [6.07, 6.45) is -1.03. The summed E-state index contributed by atoms with van der Waals surface area (Å²) in [4.78, 5) is 26.4. The van der Waals surface area contributed by atoms with E-state index in [9.17, 15) is 14.7 Å². The molecule has 0 fully saturated rings. The average Bonchev–Trinajstić information content (AvgIpc) is 3.13. The van der Waals surface area contributed by atoms with Gasteiger partial charge in [-0.2, -0.15) is 0 Å². The minimum absolute atomic E-state index is 0.207. The molecule has 4 rings (SSSR count). The first-order valence-electron chi connectivity index (χ1n) is 9.67. The van der Waals surface area contributed by atoms with Crippen LogP contribution in [0.4, 0.5) is 0 Å². The number of aliphatic hydroxyl groups is 1. The molecule has 2 aromatic heterocycles. The first kappa shape index (κ1) is 20.1. The van der Waals surface area contributed by atoms with Crippen molar-refractivity contribution in [3.05, 3.63) is 98.7 Å². The molecular formula is C24H21NO4S. The van der Waals surface area contributed by atoms with Gasteiger partial charge in [0.05, 0.1) is 12.3 Å². The van der Waals surface area contributed by atoms with Crippen LogP contribution in [0.1, 0.15) is 39.4 Å². The second kappa shape index (κ2) is 8.26. The van der Waals surface area contributed by atoms with Crippen molar-refractivity contribution < 1.29 is 14.6 Å². The minimum Gasteiger partial charge on any atom is -0.462 e. The van der Waals surface area contributed by atoms with Crippen LogP contribution in [0.2, 0.25) is 0 Å². The Bertz CT molecular complexity index is 1270. The number of benzene rings is 2. The van der Waals surface area contributed by atoms with Crippen LogP contribution in [0.25, 0.3) is 15.9 Å². The van der Waals surface area contributed by atoms with Crippen molar-refractivity contribution in [2.45, 2.75) is 20.0 Å². The van der Waals surface area contributed by atoms with Crippen molar-refractivity contribution in [3.8, 4) is 5.69 Å². The number of aromatic nitrogens is 1. The number of pyridine rings is 1. The van der Waals surface area contributed by atoms with Gasteiger partial charge in [0.2, 0.25) is 0 Å². The third-order valence-electron chi connectivity index (χ3n) is 4.89. The van der Waals surface area contributed by atoms with E-state index in [-0.39, 0.29) is 12.2 Å². The number of aliphatic hydroxyl groups excluding tert-OH is 1. The molecule has 1 atom stereocenters. The maximum atomic E-state index is 12.8. The predicted molar refractivity (Wildman–Crippen MR) is 119 cm³/mol. The highest BCUT2D eigenvalue weighted by atomic mass is 32.1. The SMILES string of the molecule is CCOC(=O)c1sc2c(ccc(=O)n2-c2ccccc2)c1C(O)c1cccc(C)c1. The Labute approximate surface area is 177 Å². The quantitative estimate of drug-likeness (QED) is 0.479. The molecule has 0 saturated carbocycles. The first-order chi connectivity index (χ1) is 14.5. The average molecular weight is 420 g/mol. The topological polar surface area (TPSA) is 68.5 Å². The summed E-state index contributed by atoms with van der Waals surface area (Å²) in [5.74, 6) is -0.507. The number of hydrogen-bond acceptors (Lipinski definition) is 5. The van der Waals surface area contributed by atoms with Gasteiger partial charge >= 0.3 is 5.97 Å². The third-order valence-corrected chi connectivity index (χ3v) is 6.07. The van der Waals surface area contributed by atoms with Gasteiger partial charge in [-0.25, -0.2) is 4.79 Å². The summed E-state index contributed by atoms with van der Waals surface area (Å²) in [6.45, 7) is 3.90. The third kappa shape index (κ3) is 3.56. The van der Waals surface area contributed by atoms with Crippen molar-refractivity contribution in [3.63, 3.8) is 0 Å². The summed E-state index contributed by atoms with van der Waals surface area (Å²) in [6, 6.07) is 19.9. The monoisotopic (exact) mass is 419 g/mol. The fraction of sp³-hybridized carbons (Fsp3) is 0.167. The molecule has 0 saturated heterocycles. The summed E-state index contributed by atoms with van der Waals surface area (Å²) >= 11 is 1.16. The molecule has 4 aromatic rings. The Morgan fingerprint density at radius 3 is 2.57 bits per heavy atom. The maximum Gasteiger partial charge on any atom is 0.348 e. The van der Waals surface area contributed by atoms with E-state index in [1.807, 2.05) is 61.5 Å². The fourth-order valence-corrected chi connectivity index (χ4v) is 4.79. The van der Waals surface area contributed by atoms with Gasteiger partial charge < -0.3 is 9.84 Å². The van der Waals surface area contributed by atoms with Gasteiger partial charge in [-0.05, 0) is 37.6 Å². The fourth-order valence-electron chi connectivity index (χ4n) is 3.55. The molecule has 0 radical (unpaired) electrons. The molecule has 0 aliphatic carbocycles. The number of fused-ring (bicyclic) bond motifs is 1. The minimum atomic E-state index is -1.03. The van der Waals surface area contributed by atoms with E-state index in [4.69, 9.17) is 4.74 Å². The normalized spacial score (nSPS) is 12.1. The number of para-hydroxylation sites is 1. The standard InChI is InChI=1S/C24H21NO4S/c1-3-29-24(28)22-20(21(27)16-9-7-8-15(2)14-16)18-12-13-19(26)25(23(18)30-22)17-10-5-4-6-11-17/h4-14,21,27H,3H2,1-2H3. The van der Waals surface area contributed by atoms with Gasteiger partial charge in [0.1, 0.15) is 15.8 Å². The van der Waals surface area contributed by atoms with E-state index in [1.54, 1.807) is 17.6 Å². The second-order valence-electron chi connectivity index (χ2n) is 6.94. The van der Waals surface area contributed by atoms with E-state index >= 15 is 0 Å². The van der Waals surface area contributed by atoms with Gasteiger partial charge in [-0.1, -0.05) is 48.0 Å². The molecular weight excluding hydrogens is 398 g/mol. The van der Waals surface area contributed by atoms with Crippen LogP contribution < -0.4 is 5.56 Å². The highest BCUT2D eigenvalue weighted by molar-refractivity contribution is 7.20. The van der Waals surface area contributed by atoms with Crippen LogP contribution in [0.5, 0.6) is 0 Å². The number of ether oxygens (including phenoxy) is 1. The van der Waals surface area contributed by atoms with E-state index in [1.165, 1.54) is 6.07 Å². The first-order valence-corrected chi connectivity index (χ1v) is 10.5. The van der Waals surface area contributed by atoms with E-state index in [2.05, 4.69) is 0 Å². The Morgan fingerprint density at radius 2 is 1.87 bits per heavy atom. The number of nitrogens with zero attached hydrogens (tertiary/aromatic N) is 1. The lowest BCUT2D eigenvalue weighted by molar-refractivity contribution is 0.0527. The van der Waals surface area contributed by atoms with Gasteiger partial charge in [-0.15, -0.1) is 11.3 Å². The van der Waals surface area contributed by atoms with Crippen molar-refractivity contribution in [1.82, 2.24) is 4.57 Å². The molecule has 5 nitrogen and oxygen atoms in total. The zero-order valence-electron chi connectivity index (χ0n) is 16.7. The molecule has 0 aliphatic heterocycles. The molecule has 0 aliphatic rings. The Hall–Kier alpha value is -3.22.